The number of rotatable bonds is 0. The number of halogens is 2. The normalized spacial score (nSPS) is 28.1. The highest BCUT2D eigenvalue weighted by Crippen LogP contribution is 2.42. The lowest BCUT2D eigenvalue weighted by atomic mass is 9.90. The van der Waals surface area contributed by atoms with Gasteiger partial charge in [-0.2, -0.15) is 0 Å². The van der Waals surface area contributed by atoms with Gasteiger partial charge in [-0.05, 0) is 30.7 Å². The molecule has 0 aliphatic carbocycles. The summed E-state index contributed by atoms with van der Waals surface area (Å²) in [5.41, 5.74) is 1.95. The van der Waals surface area contributed by atoms with E-state index < -0.39 is 0 Å². The predicted molar refractivity (Wildman–Crippen MR) is 59.0 cm³/mol. The Kier molecular flexibility index (Phi) is 2.11. The fraction of sp³-hybridized carbons (Fsp3) is 0.455. The van der Waals surface area contributed by atoms with Crippen molar-refractivity contribution in [2.24, 2.45) is 0 Å². The van der Waals surface area contributed by atoms with Gasteiger partial charge in [0, 0.05) is 18.5 Å². The van der Waals surface area contributed by atoms with Gasteiger partial charge in [-0.3, -0.25) is 0 Å². The van der Waals surface area contributed by atoms with E-state index in [-0.39, 0.29) is 5.82 Å². The van der Waals surface area contributed by atoms with Crippen LogP contribution in [0.3, 0.4) is 0 Å². The molecule has 0 bridgehead atoms. The summed E-state index contributed by atoms with van der Waals surface area (Å²) in [4.78, 5) is 0. The molecule has 1 saturated heterocycles. The highest BCUT2D eigenvalue weighted by Gasteiger charge is 2.35. The van der Waals surface area contributed by atoms with Gasteiger partial charge in [-0.25, -0.2) is 4.39 Å². The van der Waals surface area contributed by atoms with Crippen molar-refractivity contribution in [3.05, 3.63) is 28.5 Å². The van der Waals surface area contributed by atoms with Crippen LogP contribution in [-0.4, -0.2) is 19.1 Å². The van der Waals surface area contributed by atoms with E-state index in [9.17, 15) is 4.39 Å². The van der Waals surface area contributed by atoms with Crippen LogP contribution < -0.4 is 10.6 Å². The standard InChI is InChI=1S/C11H12ClFN2/c12-9-4-6(13)3-7-8-5-14-2-1-10(8)15-11(7)9/h3-4,8,10,14-15H,1-2,5H2. The molecule has 0 amide bonds. The zero-order chi connectivity index (χ0) is 10.4. The number of nitrogens with one attached hydrogen (secondary N) is 2. The molecule has 15 heavy (non-hydrogen) atoms. The Morgan fingerprint density at radius 3 is 3.13 bits per heavy atom. The fourth-order valence-corrected chi connectivity index (χ4v) is 2.85. The lowest BCUT2D eigenvalue weighted by Crippen LogP contribution is -2.38. The van der Waals surface area contributed by atoms with Gasteiger partial charge in [0.2, 0.25) is 0 Å². The summed E-state index contributed by atoms with van der Waals surface area (Å²) in [7, 11) is 0. The number of hydrogen-bond acceptors (Lipinski definition) is 2. The van der Waals surface area contributed by atoms with Gasteiger partial charge in [0.05, 0.1) is 10.7 Å². The monoisotopic (exact) mass is 226 g/mol. The molecule has 2 aliphatic rings. The Hall–Kier alpha value is -0.800. The van der Waals surface area contributed by atoms with Crippen LogP contribution in [0, 0.1) is 5.82 Å². The third-order valence-corrected chi connectivity index (χ3v) is 3.59. The molecule has 2 N–H and O–H groups in total. The third kappa shape index (κ3) is 1.42. The molecule has 0 aromatic heterocycles. The molecule has 4 heteroatoms. The lowest BCUT2D eigenvalue weighted by molar-refractivity contribution is 0.439. The van der Waals surface area contributed by atoms with Crippen LogP contribution in [0.4, 0.5) is 10.1 Å². The van der Waals surface area contributed by atoms with Crippen LogP contribution in [0.1, 0.15) is 17.9 Å². The fourth-order valence-electron chi connectivity index (χ4n) is 2.58. The van der Waals surface area contributed by atoms with E-state index in [1.54, 1.807) is 6.07 Å². The van der Waals surface area contributed by atoms with E-state index in [2.05, 4.69) is 10.6 Å². The van der Waals surface area contributed by atoms with E-state index >= 15 is 0 Å². The quantitative estimate of drug-likeness (QED) is 0.710. The Balaban J connectivity index is 2.08. The summed E-state index contributed by atoms with van der Waals surface area (Å²) >= 11 is 6.02. The van der Waals surface area contributed by atoms with Crippen molar-refractivity contribution in [1.82, 2.24) is 5.32 Å². The average Bonchev–Trinajstić information content (AvgIpc) is 2.57. The summed E-state index contributed by atoms with van der Waals surface area (Å²) in [5.74, 6) is 0.119. The molecule has 2 nitrogen and oxygen atoms in total. The number of anilines is 1. The number of piperidine rings is 1. The second-order valence-corrected chi connectivity index (χ2v) is 4.61. The first-order valence-electron chi connectivity index (χ1n) is 5.22. The molecule has 80 valence electrons. The van der Waals surface area contributed by atoms with Crippen molar-refractivity contribution in [3.8, 4) is 0 Å². The summed E-state index contributed by atoms with van der Waals surface area (Å²) in [6.07, 6.45) is 1.07. The van der Waals surface area contributed by atoms with Crippen LogP contribution in [-0.2, 0) is 0 Å². The first kappa shape index (κ1) is 9.43. The van der Waals surface area contributed by atoms with Gasteiger partial charge >= 0.3 is 0 Å². The summed E-state index contributed by atoms with van der Waals surface area (Å²) in [6.45, 7) is 1.92. The lowest BCUT2D eigenvalue weighted by Gasteiger charge is -2.26. The van der Waals surface area contributed by atoms with Crippen molar-refractivity contribution < 1.29 is 4.39 Å². The zero-order valence-corrected chi connectivity index (χ0v) is 8.94. The summed E-state index contributed by atoms with van der Waals surface area (Å²) in [6, 6.07) is 3.39. The second kappa shape index (κ2) is 3.35. The van der Waals surface area contributed by atoms with Crippen LogP contribution in [0.5, 0.6) is 0 Å². The number of hydrogen-bond donors (Lipinski definition) is 2. The molecule has 1 aromatic rings. The summed E-state index contributed by atoms with van der Waals surface area (Å²) < 4.78 is 13.2. The maximum Gasteiger partial charge on any atom is 0.125 e. The van der Waals surface area contributed by atoms with Crippen molar-refractivity contribution in [1.29, 1.82) is 0 Å². The van der Waals surface area contributed by atoms with Crippen molar-refractivity contribution in [3.63, 3.8) is 0 Å². The number of benzene rings is 1. The minimum atomic E-state index is -0.244. The van der Waals surface area contributed by atoms with Crippen LogP contribution in [0.25, 0.3) is 0 Å². The topological polar surface area (TPSA) is 24.1 Å². The Bertz CT molecular complexity index is 408. The molecule has 2 unspecified atom stereocenters. The molecular weight excluding hydrogens is 215 g/mol. The van der Waals surface area contributed by atoms with E-state index in [1.807, 2.05) is 0 Å². The Morgan fingerprint density at radius 1 is 1.40 bits per heavy atom. The Labute approximate surface area is 92.8 Å². The van der Waals surface area contributed by atoms with Gasteiger partial charge in [-0.1, -0.05) is 11.6 Å². The first-order chi connectivity index (χ1) is 7.25. The molecule has 2 aliphatic heterocycles. The Morgan fingerprint density at radius 2 is 2.27 bits per heavy atom. The molecule has 0 radical (unpaired) electrons. The maximum absolute atomic E-state index is 13.2. The minimum absolute atomic E-state index is 0.244. The minimum Gasteiger partial charge on any atom is -0.380 e. The SMILES string of the molecule is Fc1cc(Cl)c2c(c1)C1CNCCC1N2. The van der Waals surface area contributed by atoms with Crippen molar-refractivity contribution in [2.45, 2.75) is 18.4 Å². The van der Waals surface area contributed by atoms with E-state index in [0.29, 0.717) is 17.0 Å². The largest absolute Gasteiger partial charge is 0.380 e. The van der Waals surface area contributed by atoms with Gasteiger partial charge in [0.15, 0.2) is 0 Å². The van der Waals surface area contributed by atoms with Gasteiger partial charge in [0.25, 0.3) is 0 Å². The maximum atomic E-state index is 13.2. The molecule has 0 saturated carbocycles. The predicted octanol–water partition coefficient (Wildman–Crippen LogP) is 2.35. The molecule has 2 heterocycles. The van der Waals surface area contributed by atoms with Gasteiger partial charge in [0.1, 0.15) is 5.82 Å². The van der Waals surface area contributed by atoms with E-state index in [0.717, 1.165) is 30.8 Å². The van der Waals surface area contributed by atoms with E-state index in [1.165, 1.54) is 6.07 Å². The zero-order valence-electron chi connectivity index (χ0n) is 8.19. The van der Waals surface area contributed by atoms with Crippen LogP contribution in [0.15, 0.2) is 12.1 Å². The number of fused-ring (bicyclic) bond motifs is 3. The molecular formula is C11H12ClFN2. The molecule has 1 fully saturated rings. The average molecular weight is 227 g/mol. The summed E-state index contributed by atoms with van der Waals surface area (Å²) in [5, 5.41) is 7.22. The molecule has 3 rings (SSSR count). The smallest absolute Gasteiger partial charge is 0.125 e. The molecule has 1 aromatic carbocycles. The third-order valence-electron chi connectivity index (χ3n) is 3.30. The first-order valence-corrected chi connectivity index (χ1v) is 5.59. The molecule has 0 spiro atoms. The van der Waals surface area contributed by atoms with Crippen LogP contribution in [0.2, 0.25) is 5.02 Å². The van der Waals surface area contributed by atoms with Gasteiger partial charge < -0.3 is 10.6 Å². The van der Waals surface area contributed by atoms with Crippen molar-refractivity contribution >= 4 is 17.3 Å². The van der Waals surface area contributed by atoms with Crippen molar-refractivity contribution in [2.75, 3.05) is 18.4 Å². The van der Waals surface area contributed by atoms with Crippen LogP contribution >= 0.6 is 11.6 Å². The molecule has 2 atom stereocenters. The second-order valence-electron chi connectivity index (χ2n) is 4.20. The highest BCUT2D eigenvalue weighted by atomic mass is 35.5. The van der Waals surface area contributed by atoms with E-state index in [4.69, 9.17) is 11.6 Å². The van der Waals surface area contributed by atoms with Gasteiger partial charge in [-0.15, -0.1) is 0 Å². The highest BCUT2D eigenvalue weighted by molar-refractivity contribution is 6.33.